The van der Waals surface area contributed by atoms with Crippen molar-refractivity contribution in [2.45, 2.75) is 83.0 Å². The van der Waals surface area contributed by atoms with Crippen molar-refractivity contribution in [1.29, 1.82) is 0 Å². The highest BCUT2D eigenvalue weighted by Gasteiger charge is 2.44. The lowest BCUT2D eigenvalue weighted by molar-refractivity contribution is 0.444. The number of rotatable bonds is 6. The minimum Gasteiger partial charge on any atom is -0.455 e. The van der Waals surface area contributed by atoms with Crippen molar-refractivity contribution in [1.82, 2.24) is 0 Å². The molecule has 2 aliphatic carbocycles. The number of anilines is 6. The Labute approximate surface area is 421 Å². The summed E-state index contributed by atoms with van der Waals surface area (Å²) in [5, 5.41) is 4.61. The third kappa shape index (κ3) is 6.59. The van der Waals surface area contributed by atoms with Crippen LogP contribution in [0.1, 0.15) is 92.7 Å². The van der Waals surface area contributed by atoms with E-state index in [4.69, 9.17) is 8.83 Å². The molecule has 2 fully saturated rings. The number of benzene rings is 9. The molecule has 2 saturated carbocycles. The standard InChI is InChI=1S/C67H55BN2O2/c1-42-38-61-65-62(39-42)70(50-34-28-46(29-35-50)52-21-13-23-56-54-19-9-11-25-64(54)72-67(52)56)60-37-31-48(44-16-6-3-7-17-44)41-58(60)68(65)57-40-47(43-14-4-2-5-15-43)30-36-59(57)69(61)49-32-26-45(27-33-49)51-20-12-22-55-53-18-8-10-24-63(53)71-66(51)55/h8-13,18-41,43-44H,2-7,14-17H2,1H3. The summed E-state index contributed by atoms with van der Waals surface area (Å²) >= 11 is 0. The van der Waals surface area contributed by atoms with E-state index in [0.717, 1.165) is 77.5 Å². The van der Waals surface area contributed by atoms with Gasteiger partial charge in [-0.05, 0) is 149 Å². The van der Waals surface area contributed by atoms with Crippen molar-refractivity contribution in [2.75, 3.05) is 9.80 Å². The first-order valence-electron chi connectivity index (χ1n) is 26.7. The molecule has 0 unspecified atom stereocenters. The molecule has 2 aromatic heterocycles. The topological polar surface area (TPSA) is 32.8 Å². The van der Waals surface area contributed by atoms with Gasteiger partial charge in [0.1, 0.15) is 22.3 Å². The zero-order valence-electron chi connectivity index (χ0n) is 40.8. The summed E-state index contributed by atoms with van der Waals surface area (Å²) in [6.07, 6.45) is 13.0. The van der Waals surface area contributed by atoms with Crippen LogP contribution in [0.4, 0.5) is 34.1 Å². The molecular weight excluding hydrogens is 876 g/mol. The van der Waals surface area contributed by atoms with Gasteiger partial charge >= 0.3 is 0 Å². The summed E-state index contributed by atoms with van der Waals surface area (Å²) < 4.78 is 13.1. The zero-order valence-corrected chi connectivity index (χ0v) is 40.8. The predicted octanol–water partition coefficient (Wildman–Crippen LogP) is 17.3. The van der Waals surface area contributed by atoms with E-state index in [2.05, 4.69) is 199 Å². The third-order valence-corrected chi connectivity index (χ3v) is 17.1. The quantitative estimate of drug-likeness (QED) is 0.156. The molecule has 0 N–H and O–H groups in total. The highest BCUT2D eigenvalue weighted by atomic mass is 16.3. The molecule has 11 aromatic rings. The summed E-state index contributed by atoms with van der Waals surface area (Å²) in [6.45, 7) is 2.36. The molecule has 5 heteroatoms. The Morgan fingerprint density at radius 3 is 1.29 bits per heavy atom. The van der Waals surface area contributed by atoms with Crippen LogP contribution >= 0.6 is 0 Å². The molecule has 15 rings (SSSR count). The smallest absolute Gasteiger partial charge is 0.252 e. The lowest BCUT2D eigenvalue weighted by atomic mass is 9.33. The Kier molecular flexibility index (Phi) is 9.72. The second kappa shape index (κ2) is 16.7. The highest BCUT2D eigenvalue weighted by molar-refractivity contribution is 7.00. The normalized spacial score (nSPS) is 15.9. The van der Waals surface area contributed by atoms with E-state index in [-0.39, 0.29) is 6.71 Å². The number of hydrogen-bond acceptors (Lipinski definition) is 4. The minimum atomic E-state index is 0.0788. The Morgan fingerprint density at radius 2 is 0.833 bits per heavy atom. The van der Waals surface area contributed by atoms with Crippen LogP contribution in [0, 0.1) is 6.92 Å². The molecule has 4 nitrogen and oxygen atoms in total. The van der Waals surface area contributed by atoms with Crippen LogP contribution in [0.25, 0.3) is 66.1 Å². The summed E-state index contributed by atoms with van der Waals surface area (Å²) in [6, 6.07) is 68.5. The number of aryl methyl sites for hydroxylation is 1. The van der Waals surface area contributed by atoms with Gasteiger partial charge < -0.3 is 18.6 Å². The van der Waals surface area contributed by atoms with Gasteiger partial charge in [0.2, 0.25) is 0 Å². The molecule has 348 valence electrons. The average molecular weight is 931 g/mol. The van der Waals surface area contributed by atoms with Gasteiger partial charge in [-0.2, -0.15) is 0 Å². The second-order valence-corrected chi connectivity index (χ2v) is 21.3. The maximum absolute atomic E-state index is 6.56. The third-order valence-electron chi connectivity index (χ3n) is 17.1. The summed E-state index contributed by atoms with van der Waals surface area (Å²) in [5.41, 5.74) is 24.1. The van der Waals surface area contributed by atoms with E-state index in [0.29, 0.717) is 11.8 Å². The molecule has 0 atom stereocenters. The number of furan rings is 2. The number of nitrogens with zero attached hydrogens (tertiary/aromatic N) is 2. The zero-order chi connectivity index (χ0) is 47.4. The molecule has 9 aromatic carbocycles. The van der Waals surface area contributed by atoms with E-state index in [1.165, 1.54) is 120 Å². The second-order valence-electron chi connectivity index (χ2n) is 21.3. The molecule has 0 radical (unpaired) electrons. The molecule has 4 aliphatic rings. The Bertz CT molecular complexity index is 3670. The fraction of sp³-hybridized carbons (Fsp3) is 0.194. The first kappa shape index (κ1) is 42.0. The van der Waals surface area contributed by atoms with Crippen molar-refractivity contribution >= 4 is 101 Å². The van der Waals surface area contributed by atoms with Crippen LogP contribution in [0.15, 0.2) is 191 Å². The number of fused-ring (bicyclic) bond motifs is 10. The van der Waals surface area contributed by atoms with Crippen LogP contribution < -0.4 is 26.2 Å². The van der Waals surface area contributed by atoms with Gasteiger partial charge in [0.05, 0.1) is 0 Å². The molecular formula is C67H55BN2O2. The van der Waals surface area contributed by atoms with E-state index < -0.39 is 0 Å². The van der Waals surface area contributed by atoms with Crippen molar-refractivity contribution in [3.8, 4) is 22.3 Å². The van der Waals surface area contributed by atoms with Gasteiger partial charge in [0.25, 0.3) is 6.71 Å². The lowest BCUT2D eigenvalue weighted by Gasteiger charge is -2.45. The maximum Gasteiger partial charge on any atom is 0.252 e. The van der Waals surface area contributed by atoms with Gasteiger partial charge in [-0.25, -0.2) is 0 Å². The Balaban J connectivity index is 0.917. The van der Waals surface area contributed by atoms with Crippen LogP contribution in [0.2, 0.25) is 0 Å². The molecule has 72 heavy (non-hydrogen) atoms. The Hall–Kier alpha value is -7.76. The van der Waals surface area contributed by atoms with Crippen LogP contribution in [-0.4, -0.2) is 6.71 Å². The molecule has 0 saturated heterocycles. The summed E-state index contributed by atoms with van der Waals surface area (Å²) in [5.74, 6) is 1.18. The number of para-hydroxylation sites is 4. The van der Waals surface area contributed by atoms with E-state index in [1.54, 1.807) is 0 Å². The summed E-state index contributed by atoms with van der Waals surface area (Å²) in [7, 11) is 0. The highest BCUT2D eigenvalue weighted by Crippen LogP contribution is 2.48. The van der Waals surface area contributed by atoms with Crippen molar-refractivity contribution in [3.05, 3.63) is 199 Å². The van der Waals surface area contributed by atoms with E-state index >= 15 is 0 Å². The average Bonchev–Trinajstić information content (AvgIpc) is 4.02. The monoisotopic (exact) mass is 930 g/mol. The van der Waals surface area contributed by atoms with Crippen LogP contribution in [0.5, 0.6) is 0 Å². The maximum atomic E-state index is 6.56. The number of hydrogen-bond donors (Lipinski definition) is 0. The van der Waals surface area contributed by atoms with Crippen molar-refractivity contribution in [2.24, 2.45) is 0 Å². The fourth-order valence-electron chi connectivity index (χ4n) is 13.6. The van der Waals surface area contributed by atoms with Crippen molar-refractivity contribution < 1.29 is 8.83 Å². The molecule has 0 amide bonds. The largest absolute Gasteiger partial charge is 0.455 e. The van der Waals surface area contributed by atoms with Gasteiger partial charge in [0, 0.05) is 66.8 Å². The predicted molar refractivity (Wildman–Crippen MR) is 302 cm³/mol. The molecule has 4 heterocycles. The van der Waals surface area contributed by atoms with E-state index in [1.807, 2.05) is 0 Å². The first-order valence-corrected chi connectivity index (χ1v) is 26.7. The molecule has 2 aliphatic heterocycles. The summed E-state index contributed by atoms with van der Waals surface area (Å²) in [4.78, 5) is 5.16. The molecule has 0 bridgehead atoms. The molecule has 0 spiro atoms. The first-order chi connectivity index (χ1) is 35.6. The Morgan fingerprint density at radius 1 is 0.403 bits per heavy atom. The van der Waals surface area contributed by atoms with Crippen LogP contribution in [0.3, 0.4) is 0 Å². The van der Waals surface area contributed by atoms with Gasteiger partial charge in [0.15, 0.2) is 0 Å². The van der Waals surface area contributed by atoms with E-state index in [9.17, 15) is 0 Å². The fourth-order valence-corrected chi connectivity index (χ4v) is 13.6. The lowest BCUT2D eigenvalue weighted by Crippen LogP contribution is -2.61. The van der Waals surface area contributed by atoms with Gasteiger partial charge in [-0.3, -0.25) is 0 Å². The van der Waals surface area contributed by atoms with Crippen molar-refractivity contribution in [3.63, 3.8) is 0 Å². The van der Waals surface area contributed by atoms with Gasteiger partial charge in [-0.15, -0.1) is 0 Å². The van der Waals surface area contributed by atoms with Gasteiger partial charge in [-0.1, -0.05) is 160 Å². The van der Waals surface area contributed by atoms with Crippen LogP contribution in [-0.2, 0) is 0 Å². The minimum absolute atomic E-state index is 0.0788. The SMILES string of the molecule is Cc1cc2c3c(c1)N(c1ccc(-c4cccc5c4oc4ccccc45)cc1)c1ccc(C4CCCCC4)cc1B3c1cc(C3CCCCC3)ccc1N2c1ccc(-c2cccc3c2oc2ccccc23)cc1.